The van der Waals surface area contributed by atoms with Gasteiger partial charge in [0.25, 0.3) is 0 Å². The lowest BCUT2D eigenvalue weighted by molar-refractivity contribution is 0.457. The Hall–Kier alpha value is -1.26. The van der Waals surface area contributed by atoms with Crippen LogP contribution in [0.4, 0.5) is 8.78 Å². The van der Waals surface area contributed by atoms with E-state index in [4.69, 9.17) is 0 Å². The highest BCUT2D eigenvalue weighted by Crippen LogP contribution is 2.26. The zero-order chi connectivity index (χ0) is 13.8. The molecule has 0 fully saturated rings. The molecule has 102 valence electrons. The van der Waals surface area contributed by atoms with Crippen molar-refractivity contribution in [2.24, 2.45) is 0 Å². The van der Waals surface area contributed by atoms with E-state index in [1.54, 1.807) is 11.3 Å². The first kappa shape index (κ1) is 14.2. The van der Waals surface area contributed by atoms with Gasteiger partial charge in [-0.05, 0) is 42.5 Å². The summed E-state index contributed by atoms with van der Waals surface area (Å²) < 4.78 is 26.4. The van der Waals surface area contributed by atoms with Gasteiger partial charge in [-0.25, -0.2) is 8.78 Å². The second-order valence-corrected chi connectivity index (χ2v) is 5.55. The van der Waals surface area contributed by atoms with Gasteiger partial charge in [-0.15, -0.1) is 11.3 Å². The molecule has 0 aliphatic heterocycles. The summed E-state index contributed by atoms with van der Waals surface area (Å²) in [7, 11) is 0. The number of benzene rings is 1. The van der Waals surface area contributed by atoms with Gasteiger partial charge < -0.3 is 5.32 Å². The van der Waals surface area contributed by atoms with Crippen molar-refractivity contribution >= 4 is 11.3 Å². The second kappa shape index (κ2) is 6.26. The van der Waals surface area contributed by atoms with Crippen LogP contribution in [0.5, 0.6) is 0 Å². The van der Waals surface area contributed by atoms with Crippen LogP contribution in [-0.2, 0) is 0 Å². The van der Waals surface area contributed by atoms with Gasteiger partial charge in [-0.1, -0.05) is 13.0 Å². The van der Waals surface area contributed by atoms with Crippen molar-refractivity contribution in [3.8, 4) is 0 Å². The van der Waals surface area contributed by atoms with Crippen LogP contribution in [0.1, 0.15) is 42.8 Å². The summed E-state index contributed by atoms with van der Waals surface area (Å²) in [5.41, 5.74) is 0.632. The van der Waals surface area contributed by atoms with Crippen LogP contribution in [0.3, 0.4) is 0 Å². The van der Waals surface area contributed by atoms with Crippen LogP contribution in [-0.4, -0.2) is 0 Å². The minimum Gasteiger partial charge on any atom is -0.303 e. The average molecular weight is 281 g/mol. The van der Waals surface area contributed by atoms with Crippen molar-refractivity contribution in [3.05, 3.63) is 57.8 Å². The SMILES string of the molecule is CCC(NC(C)c1cc(F)cc(F)c1)c1cccs1. The molecule has 0 spiro atoms. The predicted molar refractivity (Wildman–Crippen MR) is 75.3 cm³/mol. The van der Waals surface area contributed by atoms with E-state index in [-0.39, 0.29) is 12.1 Å². The van der Waals surface area contributed by atoms with E-state index >= 15 is 0 Å². The molecule has 1 aromatic heterocycles. The van der Waals surface area contributed by atoms with Gasteiger partial charge in [0.15, 0.2) is 0 Å². The average Bonchev–Trinajstić information content (AvgIpc) is 2.88. The molecule has 2 aromatic rings. The highest BCUT2D eigenvalue weighted by molar-refractivity contribution is 7.10. The molecule has 0 saturated heterocycles. The van der Waals surface area contributed by atoms with Crippen molar-refractivity contribution in [2.45, 2.75) is 32.4 Å². The van der Waals surface area contributed by atoms with Crippen LogP contribution < -0.4 is 5.32 Å². The zero-order valence-electron chi connectivity index (χ0n) is 11.0. The Morgan fingerprint density at radius 3 is 2.42 bits per heavy atom. The summed E-state index contributed by atoms with van der Waals surface area (Å²) in [6.07, 6.45) is 0.933. The molecule has 1 N–H and O–H groups in total. The van der Waals surface area contributed by atoms with Crippen LogP contribution >= 0.6 is 11.3 Å². The van der Waals surface area contributed by atoms with Gasteiger partial charge in [-0.2, -0.15) is 0 Å². The van der Waals surface area contributed by atoms with Gasteiger partial charge >= 0.3 is 0 Å². The fourth-order valence-corrected chi connectivity index (χ4v) is 2.98. The van der Waals surface area contributed by atoms with E-state index < -0.39 is 11.6 Å². The Bertz CT molecular complexity index is 505. The predicted octanol–water partition coefficient (Wildman–Crippen LogP) is 4.83. The third kappa shape index (κ3) is 3.61. The lowest BCUT2D eigenvalue weighted by Gasteiger charge is -2.22. The van der Waals surface area contributed by atoms with E-state index in [0.717, 1.165) is 12.5 Å². The number of hydrogen-bond donors (Lipinski definition) is 1. The molecular formula is C15H17F2NS. The van der Waals surface area contributed by atoms with E-state index in [2.05, 4.69) is 18.3 Å². The third-order valence-corrected chi connectivity index (χ3v) is 4.12. The Morgan fingerprint density at radius 1 is 1.21 bits per heavy atom. The summed E-state index contributed by atoms with van der Waals surface area (Å²) >= 11 is 1.69. The first-order chi connectivity index (χ1) is 9.10. The number of halogens is 2. The molecule has 0 amide bonds. The maximum absolute atomic E-state index is 13.2. The van der Waals surface area contributed by atoms with Gasteiger partial charge in [-0.3, -0.25) is 0 Å². The molecule has 1 heterocycles. The number of thiophene rings is 1. The van der Waals surface area contributed by atoms with Gasteiger partial charge in [0.1, 0.15) is 11.6 Å². The molecule has 0 radical (unpaired) electrons. The molecule has 0 bridgehead atoms. The highest BCUT2D eigenvalue weighted by atomic mass is 32.1. The van der Waals surface area contributed by atoms with Gasteiger partial charge in [0.05, 0.1) is 0 Å². The second-order valence-electron chi connectivity index (χ2n) is 4.57. The van der Waals surface area contributed by atoms with Crippen molar-refractivity contribution < 1.29 is 8.78 Å². The van der Waals surface area contributed by atoms with Crippen molar-refractivity contribution in [1.82, 2.24) is 5.32 Å². The smallest absolute Gasteiger partial charge is 0.126 e. The summed E-state index contributed by atoms with van der Waals surface area (Å²) in [4.78, 5) is 1.24. The normalized spacial score (nSPS) is 14.3. The minimum atomic E-state index is -0.534. The van der Waals surface area contributed by atoms with Crippen LogP contribution in [0.15, 0.2) is 35.7 Å². The maximum Gasteiger partial charge on any atom is 0.126 e. The highest BCUT2D eigenvalue weighted by Gasteiger charge is 2.15. The van der Waals surface area contributed by atoms with E-state index in [1.165, 1.54) is 17.0 Å². The van der Waals surface area contributed by atoms with Crippen molar-refractivity contribution in [2.75, 3.05) is 0 Å². The monoisotopic (exact) mass is 281 g/mol. The molecule has 2 unspecified atom stereocenters. The molecule has 4 heteroatoms. The van der Waals surface area contributed by atoms with Crippen LogP contribution in [0, 0.1) is 11.6 Å². The largest absolute Gasteiger partial charge is 0.303 e. The fraction of sp³-hybridized carbons (Fsp3) is 0.333. The Morgan fingerprint density at radius 2 is 1.89 bits per heavy atom. The third-order valence-electron chi connectivity index (χ3n) is 3.13. The quantitative estimate of drug-likeness (QED) is 0.828. The van der Waals surface area contributed by atoms with Gasteiger partial charge in [0.2, 0.25) is 0 Å². The minimum absolute atomic E-state index is 0.0998. The van der Waals surface area contributed by atoms with E-state index in [0.29, 0.717) is 5.56 Å². The van der Waals surface area contributed by atoms with E-state index in [1.807, 2.05) is 18.4 Å². The topological polar surface area (TPSA) is 12.0 Å². The van der Waals surface area contributed by atoms with E-state index in [9.17, 15) is 8.78 Å². The molecule has 2 atom stereocenters. The fourth-order valence-electron chi connectivity index (χ4n) is 2.11. The van der Waals surface area contributed by atoms with Crippen LogP contribution in [0.2, 0.25) is 0 Å². The Kier molecular flexibility index (Phi) is 4.66. The first-order valence-corrected chi connectivity index (χ1v) is 7.23. The first-order valence-electron chi connectivity index (χ1n) is 6.35. The zero-order valence-corrected chi connectivity index (χ0v) is 11.8. The Balaban J connectivity index is 2.13. The molecule has 2 rings (SSSR count). The van der Waals surface area contributed by atoms with Crippen molar-refractivity contribution in [1.29, 1.82) is 0 Å². The Labute approximate surface area is 116 Å². The lowest BCUT2D eigenvalue weighted by Crippen LogP contribution is -2.23. The molecule has 0 aliphatic rings. The number of nitrogens with one attached hydrogen (secondary N) is 1. The lowest BCUT2D eigenvalue weighted by atomic mass is 10.1. The molecule has 0 aliphatic carbocycles. The molecule has 19 heavy (non-hydrogen) atoms. The molecule has 1 nitrogen and oxygen atoms in total. The van der Waals surface area contributed by atoms with Crippen molar-refractivity contribution in [3.63, 3.8) is 0 Å². The summed E-state index contributed by atoms with van der Waals surface area (Å²) in [5, 5.41) is 5.45. The molecule has 1 aromatic carbocycles. The maximum atomic E-state index is 13.2. The summed E-state index contributed by atoms with van der Waals surface area (Å²) in [5.74, 6) is -1.07. The molecular weight excluding hydrogens is 264 g/mol. The molecule has 0 saturated carbocycles. The summed E-state index contributed by atoms with van der Waals surface area (Å²) in [6, 6.07) is 7.84. The standard InChI is InChI=1S/C15H17F2NS/c1-3-14(15-5-4-6-19-15)18-10(2)11-7-12(16)9-13(17)8-11/h4-10,14,18H,3H2,1-2H3. The number of hydrogen-bond acceptors (Lipinski definition) is 2. The summed E-state index contributed by atoms with van der Waals surface area (Å²) in [6.45, 7) is 4.01. The van der Waals surface area contributed by atoms with Crippen LogP contribution in [0.25, 0.3) is 0 Å². The van der Waals surface area contributed by atoms with Gasteiger partial charge in [0, 0.05) is 23.0 Å². The number of rotatable bonds is 5.